The zero-order valence-electron chi connectivity index (χ0n) is 8.75. The van der Waals surface area contributed by atoms with Crippen LogP contribution in [0.3, 0.4) is 0 Å². The molecule has 0 unspecified atom stereocenters. The summed E-state index contributed by atoms with van der Waals surface area (Å²) in [5.74, 6) is 1.68. The summed E-state index contributed by atoms with van der Waals surface area (Å²) in [7, 11) is 0. The Bertz CT molecular complexity index is 300. The Hall–Kier alpha value is -0.830. The van der Waals surface area contributed by atoms with Crippen molar-refractivity contribution < 1.29 is 4.42 Å². The molecule has 14 heavy (non-hydrogen) atoms. The molecule has 0 saturated heterocycles. The zero-order valence-corrected chi connectivity index (χ0v) is 8.75. The first-order valence-electron chi connectivity index (χ1n) is 5.40. The van der Waals surface area contributed by atoms with E-state index in [0.29, 0.717) is 6.54 Å². The number of nitrogens with zero attached hydrogens (tertiary/aromatic N) is 1. The maximum Gasteiger partial charge on any atom is 0.200 e. The lowest BCUT2D eigenvalue weighted by Gasteiger charge is -2.30. The predicted octanol–water partition coefficient (Wildman–Crippen LogP) is 2.36. The van der Waals surface area contributed by atoms with E-state index in [1.54, 1.807) is 6.20 Å². The fourth-order valence-corrected chi connectivity index (χ4v) is 2.23. The van der Waals surface area contributed by atoms with Gasteiger partial charge >= 0.3 is 0 Å². The van der Waals surface area contributed by atoms with E-state index in [2.05, 4.69) is 11.9 Å². The van der Waals surface area contributed by atoms with Crippen molar-refractivity contribution in [3.05, 3.63) is 17.8 Å². The first kappa shape index (κ1) is 9.71. The topological polar surface area (TPSA) is 52.0 Å². The van der Waals surface area contributed by atoms with Crippen LogP contribution < -0.4 is 5.73 Å². The molecule has 0 radical (unpaired) electrons. The number of hydrogen-bond donors (Lipinski definition) is 1. The van der Waals surface area contributed by atoms with E-state index in [1.165, 1.54) is 32.1 Å². The van der Waals surface area contributed by atoms with Crippen LogP contribution >= 0.6 is 0 Å². The third-order valence-electron chi connectivity index (χ3n) is 3.23. The maximum atomic E-state index is 5.64. The van der Waals surface area contributed by atoms with Crippen molar-refractivity contribution in [2.75, 3.05) is 0 Å². The van der Waals surface area contributed by atoms with Crippen molar-refractivity contribution in [2.45, 2.75) is 51.0 Å². The molecular formula is C11H18N2O. The molecular weight excluding hydrogens is 176 g/mol. The molecule has 1 aromatic rings. The molecule has 0 bridgehead atoms. The lowest BCUT2D eigenvalue weighted by molar-refractivity contribution is 0.252. The average molecular weight is 194 g/mol. The minimum Gasteiger partial charge on any atom is -0.444 e. The molecule has 1 aliphatic rings. The molecule has 1 heterocycles. The highest BCUT2D eigenvalue weighted by atomic mass is 16.4. The Labute approximate surface area is 84.7 Å². The lowest BCUT2D eigenvalue weighted by Crippen LogP contribution is -2.25. The van der Waals surface area contributed by atoms with E-state index >= 15 is 0 Å². The standard InChI is InChI=1S/C11H18N2O/c1-11(5-3-2-4-6-11)10-13-8-9(7-12)14-10/h8H,2-7,12H2,1H3. The first-order chi connectivity index (χ1) is 6.74. The van der Waals surface area contributed by atoms with Gasteiger partial charge in [-0.15, -0.1) is 0 Å². The van der Waals surface area contributed by atoms with E-state index in [-0.39, 0.29) is 5.41 Å². The summed E-state index contributed by atoms with van der Waals surface area (Å²) in [4.78, 5) is 4.34. The van der Waals surface area contributed by atoms with Gasteiger partial charge in [0.15, 0.2) is 5.89 Å². The van der Waals surface area contributed by atoms with Crippen molar-refractivity contribution in [1.29, 1.82) is 0 Å². The molecule has 1 aliphatic carbocycles. The molecule has 0 aromatic carbocycles. The third kappa shape index (κ3) is 1.69. The molecule has 0 amide bonds. The zero-order chi connectivity index (χ0) is 10.0. The van der Waals surface area contributed by atoms with E-state index < -0.39 is 0 Å². The average Bonchev–Trinajstić information content (AvgIpc) is 2.67. The van der Waals surface area contributed by atoms with Crippen LogP contribution in [0.15, 0.2) is 10.6 Å². The monoisotopic (exact) mass is 194 g/mol. The number of hydrogen-bond acceptors (Lipinski definition) is 3. The number of nitrogens with two attached hydrogens (primary N) is 1. The van der Waals surface area contributed by atoms with Crippen molar-refractivity contribution in [2.24, 2.45) is 5.73 Å². The number of aromatic nitrogens is 1. The molecule has 78 valence electrons. The maximum absolute atomic E-state index is 5.64. The van der Waals surface area contributed by atoms with Gasteiger partial charge in [0.25, 0.3) is 0 Å². The number of rotatable bonds is 2. The molecule has 0 aliphatic heterocycles. The Kier molecular flexibility index (Phi) is 2.59. The summed E-state index contributed by atoms with van der Waals surface area (Å²) in [6, 6.07) is 0. The van der Waals surface area contributed by atoms with Crippen molar-refractivity contribution in [3.63, 3.8) is 0 Å². The van der Waals surface area contributed by atoms with E-state index in [0.717, 1.165) is 11.7 Å². The van der Waals surface area contributed by atoms with Crippen LogP contribution in [0.4, 0.5) is 0 Å². The smallest absolute Gasteiger partial charge is 0.200 e. The van der Waals surface area contributed by atoms with Crippen LogP contribution in [0.1, 0.15) is 50.7 Å². The van der Waals surface area contributed by atoms with Gasteiger partial charge in [-0.2, -0.15) is 0 Å². The highest BCUT2D eigenvalue weighted by Gasteiger charge is 2.33. The highest BCUT2D eigenvalue weighted by Crippen LogP contribution is 2.38. The van der Waals surface area contributed by atoms with Gasteiger partial charge < -0.3 is 10.2 Å². The van der Waals surface area contributed by atoms with Gasteiger partial charge in [-0.05, 0) is 12.8 Å². The second-order valence-electron chi connectivity index (χ2n) is 4.46. The van der Waals surface area contributed by atoms with E-state index in [1.807, 2.05) is 0 Å². The minimum absolute atomic E-state index is 0.158. The third-order valence-corrected chi connectivity index (χ3v) is 3.23. The van der Waals surface area contributed by atoms with Gasteiger partial charge in [0.2, 0.25) is 0 Å². The molecule has 0 spiro atoms. The molecule has 0 atom stereocenters. The van der Waals surface area contributed by atoms with Crippen molar-refractivity contribution in [3.8, 4) is 0 Å². The Balaban J connectivity index is 2.19. The Morgan fingerprint density at radius 2 is 2.14 bits per heavy atom. The molecule has 3 nitrogen and oxygen atoms in total. The minimum atomic E-state index is 0.158. The van der Waals surface area contributed by atoms with Gasteiger partial charge in [0, 0.05) is 5.41 Å². The molecule has 1 aromatic heterocycles. The van der Waals surface area contributed by atoms with Gasteiger partial charge in [-0.25, -0.2) is 4.98 Å². The van der Waals surface area contributed by atoms with Gasteiger partial charge in [-0.3, -0.25) is 0 Å². The molecule has 1 saturated carbocycles. The van der Waals surface area contributed by atoms with Gasteiger partial charge in [0.1, 0.15) is 5.76 Å². The fraction of sp³-hybridized carbons (Fsp3) is 0.727. The van der Waals surface area contributed by atoms with E-state index in [4.69, 9.17) is 10.2 Å². The first-order valence-corrected chi connectivity index (χ1v) is 5.40. The summed E-state index contributed by atoms with van der Waals surface area (Å²) in [5, 5.41) is 0. The van der Waals surface area contributed by atoms with Gasteiger partial charge in [0.05, 0.1) is 12.7 Å². The fourth-order valence-electron chi connectivity index (χ4n) is 2.23. The van der Waals surface area contributed by atoms with Crippen LogP contribution in [0.5, 0.6) is 0 Å². The summed E-state index contributed by atoms with van der Waals surface area (Å²) in [6.45, 7) is 2.70. The van der Waals surface area contributed by atoms with Crippen LogP contribution in [-0.2, 0) is 12.0 Å². The van der Waals surface area contributed by atoms with Crippen LogP contribution in [0.25, 0.3) is 0 Å². The van der Waals surface area contributed by atoms with E-state index in [9.17, 15) is 0 Å². The van der Waals surface area contributed by atoms with Crippen LogP contribution in [0.2, 0.25) is 0 Å². The van der Waals surface area contributed by atoms with Crippen LogP contribution in [-0.4, -0.2) is 4.98 Å². The summed E-state index contributed by atoms with van der Waals surface area (Å²) < 4.78 is 5.64. The van der Waals surface area contributed by atoms with Crippen LogP contribution in [0, 0.1) is 0 Å². The second-order valence-corrected chi connectivity index (χ2v) is 4.46. The highest BCUT2D eigenvalue weighted by molar-refractivity contribution is 5.06. The second kappa shape index (κ2) is 3.73. The SMILES string of the molecule is CC1(c2ncc(CN)o2)CCCCC1. The summed E-state index contributed by atoms with van der Waals surface area (Å²) in [5.41, 5.74) is 5.66. The van der Waals surface area contributed by atoms with Gasteiger partial charge in [-0.1, -0.05) is 26.2 Å². The molecule has 1 fully saturated rings. The summed E-state index contributed by atoms with van der Waals surface area (Å²) in [6.07, 6.45) is 8.07. The molecule has 2 rings (SSSR count). The Morgan fingerprint density at radius 3 is 2.71 bits per heavy atom. The Morgan fingerprint density at radius 1 is 1.43 bits per heavy atom. The molecule has 3 heteroatoms. The normalized spacial score (nSPS) is 21.0. The summed E-state index contributed by atoms with van der Waals surface area (Å²) >= 11 is 0. The quantitative estimate of drug-likeness (QED) is 0.786. The lowest BCUT2D eigenvalue weighted by atomic mass is 9.76. The predicted molar refractivity (Wildman–Crippen MR) is 54.8 cm³/mol. The number of oxazole rings is 1. The molecule has 2 N–H and O–H groups in total. The largest absolute Gasteiger partial charge is 0.444 e. The van der Waals surface area contributed by atoms with Crippen molar-refractivity contribution in [1.82, 2.24) is 4.98 Å². The van der Waals surface area contributed by atoms with Crippen molar-refractivity contribution >= 4 is 0 Å².